The van der Waals surface area contributed by atoms with Gasteiger partial charge >= 0.3 is 0 Å². The predicted molar refractivity (Wildman–Crippen MR) is 94.1 cm³/mol. The normalized spacial score (nSPS) is 10.6. The van der Waals surface area contributed by atoms with Crippen LogP contribution in [0.25, 0.3) is 0 Å². The van der Waals surface area contributed by atoms with Crippen LogP contribution in [0.3, 0.4) is 0 Å². The molecule has 0 saturated carbocycles. The van der Waals surface area contributed by atoms with Crippen LogP contribution in [0, 0.1) is 6.92 Å². The van der Waals surface area contributed by atoms with Crippen molar-refractivity contribution >= 4 is 11.7 Å². The number of hydrogen-bond acceptors (Lipinski definition) is 3. The van der Waals surface area contributed by atoms with Crippen molar-refractivity contribution in [3.8, 4) is 0 Å². The van der Waals surface area contributed by atoms with Crippen molar-refractivity contribution in [2.45, 2.75) is 26.8 Å². The third-order valence-corrected chi connectivity index (χ3v) is 3.84. The summed E-state index contributed by atoms with van der Waals surface area (Å²) in [5.41, 5.74) is 3.65. The molecular formula is C19H20N4O. The molecule has 0 unspecified atom stereocenters. The fourth-order valence-electron chi connectivity index (χ4n) is 2.47. The summed E-state index contributed by atoms with van der Waals surface area (Å²) in [4.78, 5) is 16.6. The Kier molecular flexibility index (Phi) is 4.70. The van der Waals surface area contributed by atoms with E-state index in [1.54, 1.807) is 23.0 Å². The summed E-state index contributed by atoms with van der Waals surface area (Å²) in [5, 5.41) is 7.18. The average molecular weight is 320 g/mol. The quantitative estimate of drug-likeness (QED) is 0.783. The van der Waals surface area contributed by atoms with E-state index in [1.165, 1.54) is 5.56 Å². The zero-order valence-electron chi connectivity index (χ0n) is 13.9. The largest absolute Gasteiger partial charge is 0.305 e. The van der Waals surface area contributed by atoms with E-state index in [0.29, 0.717) is 18.1 Å². The molecule has 3 aromatic rings. The van der Waals surface area contributed by atoms with Gasteiger partial charge in [0.05, 0.1) is 12.7 Å². The van der Waals surface area contributed by atoms with Gasteiger partial charge in [0.2, 0.25) is 0 Å². The third-order valence-electron chi connectivity index (χ3n) is 3.84. The second kappa shape index (κ2) is 7.08. The van der Waals surface area contributed by atoms with Crippen LogP contribution in [-0.4, -0.2) is 20.7 Å². The predicted octanol–water partition coefficient (Wildman–Crippen LogP) is 3.45. The summed E-state index contributed by atoms with van der Waals surface area (Å²) >= 11 is 0. The van der Waals surface area contributed by atoms with Gasteiger partial charge < -0.3 is 5.32 Å². The zero-order valence-corrected chi connectivity index (χ0v) is 13.9. The van der Waals surface area contributed by atoms with Crippen LogP contribution in [-0.2, 0) is 13.0 Å². The minimum Gasteiger partial charge on any atom is -0.305 e. The summed E-state index contributed by atoms with van der Waals surface area (Å²) in [5.74, 6) is 0.421. The van der Waals surface area contributed by atoms with E-state index in [4.69, 9.17) is 0 Å². The molecule has 5 nitrogen and oxygen atoms in total. The Morgan fingerprint density at radius 2 is 1.83 bits per heavy atom. The molecule has 122 valence electrons. The molecule has 0 aliphatic rings. The van der Waals surface area contributed by atoms with Crippen LogP contribution in [0.2, 0.25) is 0 Å². The molecule has 3 rings (SSSR count). The van der Waals surface area contributed by atoms with Crippen molar-refractivity contribution in [2.75, 3.05) is 5.32 Å². The monoisotopic (exact) mass is 320 g/mol. The average Bonchev–Trinajstić information content (AvgIpc) is 3.02. The lowest BCUT2D eigenvalue weighted by Gasteiger charge is -2.09. The lowest BCUT2D eigenvalue weighted by atomic mass is 10.1. The van der Waals surface area contributed by atoms with Gasteiger partial charge in [-0.2, -0.15) is 5.10 Å². The second-order valence-electron chi connectivity index (χ2n) is 5.66. The number of amides is 1. The maximum absolute atomic E-state index is 12.3. The molecule has 0 fully saturated rings. The Morgan fingerprint density at radius 1 is 1.08 bits per heavy atom. The number of hydrogen-bond donors (Lipinski definition) is 1. The van der Waals surface area contributed by atoms with Crippen LogP contribution < -0.4 is 5.32 Å². The van der Waals surface area contributed by atoms with E-state index in [9.17, 15) is 4.79 Å². The number of benzene rings is 1. The topological polar surface area (TPSA) is 59.8 Å². The van der Waals surface area contributed by atoms with Gasteiger partial charge in [-0.1, -0.05) is 37.3 Å². The van der Waals surface area contributed by atoms with Gasteiger partial charge in [0, 0.05) is 11.8 Å². The standard InChI is InChI=1S/C19H20N4O/c1-3-15-7-9-16(10-8-15)13-23-18(11-12-20-23)22-19(24)17-6-4-5-14(2)21-17/h4-12H,3,13H2,1-2H3,(H,22,24). The molecule has 2 aromatic heterocycles. The number of carbonyl (C=O) groups excluding carboxylic acids is 1. The summed E-state index contributed by atoms with van der Waals surface area (Å²) in [6, 6.07) is 15.6. The first-order valence-corrected chi connectivity index (χ1v) is 8.00. The lowest BCUT2D eigenvalue weighted by molar-refractivity contribution is 0.102. The van der Waals surface area contributed by atoms with Crippen molar-refractivity contribution in [3.63, 3.8) is 0 Å². The zero-order chi connectivity index (χ0) is 16.9. The maximum atomic E-state index is 12.3. The number of aryl methyl sites for hydroxylation is 2. The highest BCUT2D eigenvalue weighted by molar-refractivity contribution is 6.02. The third kappa shape index (κ3) is 3.68. The summed E-state index contributed by atoms with van der Waals surface area (Å²) < 4.78 is 1.77. The van der Waals surface area contributed by atoms with Gasteiger partial charge in [-0.15, -0.1) is 0 Å². The lowest BCUT2D eigenvalue weighted by Crippen LogP contribution is -2.17. The van der Waals surface area contributed by atoms with Crippen LogP contribution in [0.15, 0.2) is 54.7 Å². The van der Waals surface area contributed by atoms with Crippen LogP contribution in [0.1, 0.15) is 34.2 Å². The van der Waals surface area contributed by atoms with E-state index in [2.05, 4.69) is 46.6 Å². The molecule has 0 aliphatic heterocycles. The molecular weight excluding hydrogens is 300 g/mol. The van der Waals surface area contributed by atoms with E-state index >= 15 is 0 Å². The van der Waals surface area contributed by atoms with Gasteiger partial charge in [0.1, 0.15) is 11.5 Å². The SMILES string of the molecule is CCc1ccc(Cn2nccc2NC(=O)c2cccc(C)n2)cc1. The highest BCUT2D eigenvalue weighted by Crippen LogP contribution is 2.13. The first-order valence-electron chi connectivity index (χ1n) is 8.00. The molecule has 0 atom stereocenters. The molecule has 1 aromatic carbocycles. The fraction of sp³-hybridized carbons (Fsp3) is 0.211. The van der Waals surface area contributed by atoms with Crippen molar-refractivity contribution in [3.05, 3.63) is 77.2 Å². The molecule has 0 bridgehead atoms. The highest BCUT2D eigenvalue weighted by atomic mass is 16.2. The van der Waals surface area contributed by atoms with E-state index in [-0.39, 0.29) is 5.91 Å². The Labute approximate surface area is 141 Å². The Morgan fingerprint density at radius 3 is 2.54 bits per heavy atom. The van der Waals surface area contributed by atoms with Crippen molar-refractivity contribution in [1.29, 1.82) is 0 Å². The molecule has 0 saturated heterocycles. The Balaban J connectivity index is 1.74. The van der Waals surface area contributed by atoms with Gasteiger partial charge in [0.25, 0.3) is 5.91 Å². The minimum absolute atomic E-state index is 0.234. The van der Waals surface area contributed by atoms with Gasteiger partial charge in [-0.25, -0.2) is 9.67 Å². The number of aromatic nitrogens is 3. The molecule has 0 aliphatic carbocycles. The molecule has 0 spiro atoms. The molecule has 1 N–H and O–H groups in total. The minimum atomic E-state index is -0.234. The number of pyridine rings is 1. The molecule has 24 heavy (non-hydrogen) atoms. The number of nitrogens with one attached hydrogen (secondary N) is 1. The van der Waals surface area contributed by atoms with E-state index in [0.717, 1.165) is 17.7 Å². The van der Waals surface area contributed by atoms with Crippen molar-refractivity contribution in [1.82, 2.24) is 14.8 Å². The van der Waals surface area contributed by atoms with Crippen LogP contribution in [0.5, 0.6) is 0 Å². The van der Waals surface area contributed by atoms with Crippen molar-refractivity contribution in [2.24, 2.45) is 0 Å². The van der Waals surface area contributed by atoms with Crippen LogP contribution in [0.4, 0.5) is 5.82 Å². The second-order valence-corrected chi connectivity index (χ2v) is 5.66. The summed E-state index contributed by atoms with van der Waals surface area (Å²) in [6.07, 6.45) is 2.70. The number of rotatable bonds is 5. The molecule has 2 heterocycles. The Hall–Kier alpha value is -2.95. The maximum Gasteiger partial charge on any atom is 0.275 e. The van der Waals surface area contributed by atoms with Crippen molar-refractivity contribution < 1.29 is 4.79 Å². The summed E-state index contributed by atoms with van der Waals surface area (Å²) in [7, 11) is 0. The molecule has 0 radical (unpaired) electrons. The highest BCUT2D eigenvalue weighted by Gasteiger charge is 2.11. The smallest absolute Gasteiger partial charge is 0.275 e. The van der Waals surface area contributed by atoms with Crippen LogP contribution >= 0.6 is 0 Å². The molecule has 5 heteroatoms. The Bertz CT molecular complexity index is 837. The number of nitrogens with zero attached hydrogens (tertiary/aromatic N) is 3. The van der Waals surface area contributed by atoms with Gasteiger partial charge in [0.15, 0.2) is 0 Å². The summed E-state index contributed by atoms with van der Waals surface area (Å²) in [6.45, 7) is 4.60. The van der Waals surface area contributed by atoms with Gasteiger partial charge in [-0.3, -0.25) is 4.79 Å². The van der Waals surface area contributed by atoms with E-state index in [1.807, 2.05) is 19.1 Å². The number of anilines is 1. The molecule has 1 amide bonds. The van der Waals surface area contributed by atoms with E-state index < -0.39 is 0 Å². The first kappa shape index (κ1) is 15.9. The number of carbonyl (C=O) groups is 1. The first-order chi connectivity index (χ1) is 11.7. The van der Waals surface area contributed by atoms with Gasteiger partial charge in [-0.05, 0) is 36.6 Å². The fourth-order valence-corrected chi connectivity index (χ4v) is 2.47.